The van der Waals surface area contributed by atoms with E-state index in [1.807, 2.05) is 61.9 Å². The number of nitrogens with zero attached hydrogens (tertiary/aromatic N) is 7. The molecule has 4 rings (SSSR count). The first-order valence-corrected chi connectivity index (χ1v) is 8.97. The van der Waals surface area contributed by atoms with E-state index in [2.05, 4.69) is 25.7 Å². The number of aromatic nitrogens is 7. The monoisotopic (exact) mass is 367 g/mol. The normalized spacial score (nSPS) is 12.4. The zero-order valence-corrected chi connectivity index (χ0v) is 15.4. The summed E-state index contributed by atoms with van der Waals surface area (Å²) >= 11 is 1.56. The van der Waals surface area contributed by atoms with Crippen molar-refractivity contribution in [3.63, 3.8) is 0 Å². The highest BCUT2D eigenvalue weighted by atomic mass is 32.2. The minimum atomic E-state index is -0.00796. The largest absolute Gasteiger partial charge is 0.469 e. The number of benzene rings is 1. The third-order valence-electron chi connectivity index (χ3n) is 4.07. The van der Waals surface area contributed by atoms with Gasteiger partial charge < -0.3 is 8.98 Å². The van der Waals surface area contributed by atoms with Crippen LogP contribution in [0.5, 0.6) is 0 Å². The first kappa shape index (κ1) is 16.5. The second-order valence-corrected chi connectivity index (χ2v) is 7.11. The summed E-state index contributed by atoms with van der Waals surface area (Å²) in [5.74, 6) is 2.34. The third-order valence-corrected chi connectivity index (χ3v) is 5.21. The number of hydrogen-bond acceptors (Lipinski definition) is 7. The van der Waals surface area contributed by atoms with Gasteiger partial charge in [-0.05, 0) is 42.5 Å². The molecule has 0 N–H and O–H groups in total. The van der Waals surface area contributed by atoms with Crippen molar-refractivity contribution in [3.8, 4) is 17.1 Å². The Balaban J connectivity index is 1.61. The molecule has 3 heterocycles. The fourth-order valence-electron chi connectivity index (χ4n) is 2.68. The number of hydrogen-bond donors (Lipinski definition) is 0. The van der Waals surface area contributed by atoms with Crippen LogP contribution in [0, 0.1) is 6.92 Å². The van der Waals surface area contributed by atoms with Crippen LogP contribution >= 0.6 is 11.8 Å². The quantitative estimate of drug-likeness (QED) is 0.500. The molecule has 0 aliphatic rings. The van der Waals surface area contributed by atoms with Crippen molar-refractivity contribution >= 4 is 11.8 Å². The SMILES string of the molecule is Cc1occc1-c1nnc(SC(C)c2nnnn2-c2ccccc2)n1C. The van der Waals surface area contributed by atoms with Gasteiger partial charge in [0.15, 0.2) is 16.8 Å². The van der Waals surface area contributed by atoms with Crippen molar-refractivity contribution in [2.45, 2.75) is 24.3 Å². The van der Waals surface area contributed by atoms with Crippen molar-refractivity contribution in [3.05, 3.63) is 54.2 Å². The Labute approximate surface area is 154 Å². The molecule has 26 heavy (non-hydrogen) atoms. The smallest absolute Gasteiger partial charge is 0.191 e. The zero-order chi connectivity index (χ0) is 18.1. The Bertz CT molecular complexity index is 1020. The summed E-state index contributed by atoms with van der Waals surface area (Å²) in [5.41, 5.74) is 1.86. The number of aryl methyl sites for hydroxylation is 1. The molecule has 0 spiro atoms. The molecule has 1 unspecified atom stereocenters. The Hall–Kier alpha value is -2.94. The van der Waals surface area contributed by atoms with Gasteiger partial charge in [-0.3, -0.25) is 0 Å². The molecule has 0 saturated carbocycles. The number of thioether (sulfide) groups is 1. The van der Waals surface area contributed by atoms with Gasteiger partial charge in [0, 0.05) is 7.05 Å². The standard InChI is InChI=1S/C17H17N7OS/c1-11-14(9-10-25-11)16-18-20-17(23(16)3)26-12(2)15-19-21-22-24(15)13-7-5-4-6-8-13/h4-10,12H,1-3H3. The van der Waals surface area contributed by atoms with Crippen LogP contribution in [0.1, 0.15) is 23.8 Å². The summed E-state index contributed by atoms with van der Waals surface area (Å²) in [6, 6.07) is 11.7. The minimum absolute atomic E-state index is 0.00796. The molecule has 9 heteroatoms. The van der Waals surface area contributed by atoms with E-state index in [1.54, 1.807) is 22.7 Å². The average Bonchev–Trinajstić information content (AvgIpc) is 3.37. The average molecular weight is 367 g/mol. The minimum Gasteiger partial charge on any atom is -0.469 e. The van der Waals surface area contributed by atoms with Crippen molar-refractivity contribution in [1.82, 2.24) is 35.0 Å². The van der Waals surface area contributed by atoms with Gasteiger partial charge >= 0.3 is 0 Å². The van der Waals surface area contributed by atoms with Crippen LogP contribution in [-0.4, -0.2) is 35.0 Å². The zero-order valence-electron chi connectivity index (χ0n) is 14.6. The van der Waals surface area contributed by atoms with E-state index in [1.165, 1.54) is 0 Å². The molecule has 4 aromatic rings. The van der Waals surface area contributed by atoms with E-state index in [-0.39, 0.29) is 5.25 Å². The number of rotatable bonds is 5. The van der Waals surface area contributed by atoms with Crippen LogP contribution in [0.3, 0.4) is 0 Å². The summed E-state index contributed by atoms with van der Waals surface area (Å²) in [5, 5.41) is 21.6. The topological polar surface area (TPSA) is 87.5 Å². The highest BCUT2D eigenvalue weighted by molar-refractivity contribution is 7.99. The Kier molecular flexibility index (Phi) is 4.29. The van der Waals surface area contributed by atoms with E-state index in [0.29, 0.717) is 0 Å². The summed E-state index contributed by atoms with van der Waals surface area (Å²) < 4.78 is 9.07. The molecule has 3 aromatic heterocycles. The van der Waals surface area contributed by atoms with Crippen molar-refractivity contribution in [1.29, 1.82) is 0 Å². The van der Waals surface area contributed by atoms with Crippen LogP contribution < -0.4 is 0 Å². The molecular formula is C17H17N7OS. The number of tetrazole rings is 1. The maximum Gasteiger partial charge on any atom is 0.191 e. The maximum atomic E-state index is 5.37. The Morgan fingerprint density at radius 1 is 1.08 bits per heavy atom. The maximum absolute atomic E-state index is 5.37. The molecule has 0 aliphatic heterocycles. The van der Waals surface area contributed by atoms with E-state index in [0.717, 1.165) is 33.8 Å². The van der Waals surface area contributed by atoms with Crippen molar-refractivity contribution in [2.75, 3.05) is 0 Å². The van der Waals surface area contributed by atoms with E-state index in [9.17, 15) is 0 Å². The van der Waals surface area contributed by atoms with Crippen LogP contribution in [0.25, 0.3) is 17.1 Å². The van der Waals surface area contributed by atoms with Gasteiger partial charge in [0.2, 0.25) is 0 Å². The molecule has 1 aromatic carbocycles. The van der Waals surface area contributed by atoms with Gasteiger partial charge in [0.1, 0.15) is 5.76 Å². The molecule has 0 fully saturated rings. The number of furan rings is 1. The molecular weight excluding hydrogens is 350 g/mol. The fraction of sp³-hybridized carbons (Fsp3) is 0.235. The highest BCUT2D eigenvalue weighted by Gasteiger charge is 2.21. The summed E-state index contributed by atoms with van der Waals surface area (Å²) in [6.45, 7) is 3.96. The molecule has 0 amide bonds. The van der Waals surface area contributed by atoms with Crippen molar-refractivity contribution < 1.29 is 4.42 Å². The van der Waals surface area contributed by atoms with Crippen molar-refractivity contribution in [2.24, 2.45) is 7.05 Å². The second kappa shape index (κ2) is 6.75. The summed E-state index contributed by atoms with van der Waals surface area (Å²) in [6.07, 6.45) is 1.66. The molecule has 8 nitrogen and oxygen atoms in total. The van der Waals surface area contributed by atoms with E-state index < -0.39 is 0 Å². The van der Waals surface area contributed by atoms with Gasteiger partial charge in [-0.15, -0.1) is 15.3 Å². The Morgan fingerprint density at radius 3 is 2.62 bits per heavy atom. The van der Waals surface area contributed by atoms with Gasteiger partial charge in [-0.2, -0.15) is 4.68 Å². The lowest BCUT2D eigenvalue weighted by Gasteiger charge is -2.11. The lowest BCUT2D eigenvalue weighted by molar-refractivity contribution is 0.534. The molecule has 0 bridgehead atoms. The molecule has 0 saturated heterocycles. The van der Waals surface area contributed by atoms with Gasteiger partial charge in [-0.25, -0.2) is 0 Å². The summed E-state index contributed by atoms with van der Waals surface area (Å²) in [7, 11) is 1.94. The predicted octanol–water partition coefficient (Wildman–Crippen LogP) is 3.21. The molecule has 132 valence electrons. The highest BCUT2D eigenvalue weighted by Crippen LogP contribution is 2.34. The first-order valence-electron chi connectivity index (χ1n) is 8.09. The van der Waals surface area contributed by atoms with Crippen LogP contribution in [0.15, 0.2) is 52.2 Å². The Morgan fingerprint density at radius 2 is 1.88 bits per heavy atom. The fourth-order valence-corrected chi connectivity index (χ4v) is 3.58. The molecule has 0 aliphatic carbocycles. The van der Waals surface area contributed by atoms with E-state index in [4.69, 9.17) is 4.42 Å². The number of para-hydroxylation sites is 1. The summed E-state index contributed by atoms with van der Waals surface area (Å²) in [4.78, 5) is 0. The van der Waals surface area contributed by atoms with Gasteiger partial charge in [-0.1, -0.05) is 30.0 Å². The lowest BCUT2D eigenvalue weighted by atomic mass is 10.2. The third kappa shape index (κ3) is 2.90. The molecule has 1 atom stereocenters. The second-order valence-electron chi connectivity index (χ2n) is 5.80. The van der Waals surface area contributed by atoms with E-state index >= 15 is 0 Å². The molecule has 0 radical (unpaired) electrons. The first-order chi connectivity index (χ1) is 12.6. The van der Waals surface area contributed by atoms with Gasteiger partial charge in [0.05, 0.1) is 22.8 Å². The van der Waals surface area contributed by atoms with Crippen LogP contribution in [-0.2, 0) is 7.05 Å². The lowest BCUT2D eigenvalue weighted by Crippen LogP contribution is -2.05. The van der Waals surface area contributed by atoms with Gasteiger partial charge in [0.25, 0.3) is 0 Å². The predicted molar refractivity (Wildman–Crippen MR) is 96.9 cm³/mol. The van der Waals surface area contributed by atoms with Crippen LogP contribution in [0.2, 0.25) is 0 Å². The van der Waals surface area contributed by atoms with Crippen LogP contribution in [0.4, 0.5) is 0 Å².